The highest BCUT2D eigenvalue weighted by atomic mass is 35.5. The number of thiazole rings is 1. The van der Waals surface area contributed by atoms with E-state index in [1.165, 1.54) is 18.2 Å². The summed E-state index contributed by atoms with van der Waals surface area (Å²) in [4.78, 5) is 23.7. The molecule has 2 heterocycles. The molecule has 0 spiro atoms. The lowest BCUT2D eigenvalue weighted by Crippen LogP contribution is -2.12. The van der Waals surface area contributed by atoms with Crippen LogP contribution in [0.25, 0.3) is 0 Å². The second-order valence-corrected chi connectivity index (χ2v) is 8.75. The van der Waals surface area contributed by atoms with E-state index in [-0.39, 0.29) is 20.9 Å². The number of hydrogen-bond acceptors (Lipinski definition) is 9. The Kier molecular flexibility index (Phi) is 5.98. The van der Waals surface area contributed by atoms with E-state index in [1.54, 1.807) is 19.1 Å². The Morgan fingerprint density at radius 2 is 1.93 bits per heavy atom. The molecule has 0 amide bonds. The highest BCUT2D eigenvalue weighted by molar-refractivity contribution is 7.89. The number of aromatic nitrogens is 3. The first-order chi connectivity index (χ1) is 13.6. The molecule has 0 saturated carbocycles. The maximum absolute atomic E-state index is 11.3. The fourth-order valence-electron chi connectivity index (χ4n) is 2.30. The second-order valence-electron chi connectivity index (χ2n) is 5.81. The lowest BCUT2D eigenvalue weighted by atomic mass is 10.2. The topological polar surface area (TPSA) is 160 Å². The van der Waals surface area contributed by atoms with Crippen molar-refractivity contribution in [2.75, 3.05) is 10.6 Å². The lowest BCUT2D eigenvalue weighted by molar-refractivity contribution is 0.0701. The Morgan fingerprint density at radius 3 is 2.52 bits per heavy atom. The smallest absolute Gasteiger partial charge is 0.347 e. The second kappa shape index (κ2) is 8.29. The number of halogens is 1. The van der Waals surface area contributed by atoms with E-state index in [4.69, 9.17) is 21.8 Å². The van der Waals surface area contributed by atoms with Gasteiger partial charge in [-0.25, -0.2) is 28.3 Å². The molecule has 29 heavy (non-hydrogen) atoms. The van der Waals surface area contributed by atoms with Gasteiger partial charge in [0.2, 0.25) is 16.0 Å². The summed E-state index contributed by atoms with van der Waals surface area (Å²) < 4.78 is 22.6. The molecule has 5 N–H and O–H groups in total. The number of aromatic carboxylic acids is 1. The van der Waals surface area contributed by atoms with Gasteiger partial charge in [-0.05, 0) is 24.6 Å². The van der Waals surface area contributed by atoms with E-state index in [2.05, 4.69) is 25.6 Å². The molecule has 1 aromatic carbocycles. The Morgan fingerprint density at radius 1 is 1.24 bits per heavy atom. The highest BCUT2D eigenvalue weighted by Crippen LogP contribution is 2.25. The maximum atomic E-state index is 11.3. The molecule has 0 fully saturated rings. The lowest BCUT2D eigenvalue weighted by Gasteiger charge is -2.09. The summed E-state index contributed by atoms with van der Waals surface area (Å²) in [6.45, 7) is 1.94. The molecular formula is C16H15ClN6O4S2. The van der Waals surface area contributed by atoms with Crippen molar-refractivity contribution in [2.45, 2.75) is 18.4 Å². The van der Waals surface area contributed by atoms with Crippen LogP contribution in [0.2, 0.25) is 5.15 Å². The SMILES string of the molecule is Cc1nc(Nc2nc(Cl)cc(NCc3ccc(S(N)(=O)=O)cc3)n2)sc1C(=O)O. The van der Waals surface area contributed by atoms with Crippen LogP contribution in [0.1, 0.15) is 20.9 Å². The average Bonchev–Trinajstić information content (AvgIpc) is 2.99. The standard InChI is InChI=1S/C16H15ClN6O4S2/c1-8-13(14(24)25)28-16(20-8)23-15-21-11(17)6-12(22-15)19-7-9-2-4-10(5-3-9)29(18,26)27/h2-6H,7H2,1H3,(H,24,25)(H2,18,26,27)(H2,19,20,21,22,23). The summed E-state index contributed by atoms with van der Waals surface area (Å²) in [7, 11) is -3.74. The van der Waals surface area contributed by atoms with E-state index in [0.29, 0.717) is 23.2 Å². The van der Waals surface area contributed by atoms with E-state index in [1.807, 2.05) is 0 Å². The summed E-state index contributed by atoms with van der Waals surface area (Å²) in [5.74, 6) is -0.499. The number of carboxylic acid groups (broad SMARTS) is 1. The number of rotatable bonds is 7. The predicted octanol–water partition coefficient (Wildman–Crippen LogP) is 2.60. The summed E-state index contributed by atoms with van der Waals surface area (Å²) in [5.41, 5.74) is 1.18. The zero-order valence-corrected chi connectivity index (χ0v) is 17.3. The molecular weight excluding hydrogens is 440 g/mol. The molecule has 0 radical (unpaired) electrons. The van der Waals surface area contributed by atoms with Gasteiger partial charge in [-0.2, -0.15) is 4.98 Å². The number of primary sulfonamides is 1. The van der Waals surface area contributed by atoms with Gasteiger partial charge in [-0.3, -0.25) is 5.32 Å². The molecule has 0 unspecified atom stereocenters. The van der Waals surface area contributed by atoms with E-state index >= 15 is 0 Å². The summed E-state index contributed by atoms with van der Waals surface area (Å²) in [6.07, 6.45) is 0. The Labute approximate surface area is 174 Å². The fourth-order valence-corrected chi connectivity index (χ4v) is 3.80. The van der Waals surface area contributed by atoms with Crippen molar-refractivity contribution >= 4 is 55.8 Å². The number of aryl methyl sites for hydroxylation is 1. The van der Waals surface area contributed by atoms with Crippen molar-refractivity contribution in [3.8, 4) is 0 Å². The van der Waals surface area contributed by atoms with Crippen LogP contribution in [0.15, 0.2) is 35.2 Å². The molecule has 2 aromatic heterocycles. The number of carbonyl (C=O) groups is 1. The van der Waals surface area contributed by atoms with Crippen molar-refractivity contribution in [1.29, 1.82) is 0 Å². The Hall–Kier alpha value is -2.80. The number of hydrogen-bond donors (Lipinski definition) is 4. The zero-order valence-electron chi connectivity index (χ0n) is 14.9. The molecule has 0 aliphatic rings. The third-order valence-electron chi connectivity index (χ3n) is 3.63. The minimum absolute atomic E-state index is 0.0253. The van der Waals surface area contributed by atoms with Gasteiger partial charge in [0, 0.05) is 12.6 Å². The molecule has 3 rings (SSSR count). The quantitative estimate of drug-likeness (QED) is 0.393. The number of anilines is 3. The number of nitrogens with one attached hydrogen (secondary N) is 2. The first-order valence-electron chi connectivity index (χ1n) is 8.00. The number of carboxylic acids is 1. The van der Waals surface area contributed by atoms with Crippen molar-refractivity contribution < 1.29 is 18.3 Å². The zero-order chi connectivity index (χ0) is 21.2. The molecule has 0 atom stereocenters. The van der Waals surface area contributed by atoms with Gasteiger partial charge in [-0.1, -0.05) is 35.1 Å². The largest absolute Gasteiger partial charge is 0.477 e. The molecule has 0 bridgehead atoms. The van der Waals surface area contributed by atoms with Crippen LogP contribution in [-0.2, 0) is 16.6 Å². The van der Waals surface area contributed by atoms with Crippen LogP contribution < -0.4 is 15.8 Å². The van der Waals surface area contributed by atoms with Gasteiger partial charge in [0.05, 0.1) is 10.6 Å². The number of benzene rings is 1. The minimum Gasteiger partial charge on any atom is -0.477 e. The van der Waals surface area contributed by atoms with Crippen LogP contribution in [0, 0.1) is 6.92 Å². The van der Waals surface area contributed by atoms with Crippen LogP contribution in [0.4, 0.5) is 16.9 Å². The molecule has 0 aliphatic heterocycles. The molecule has 0 saturated heterocycles. The maximum Gasteiger partial charge on any atom is 0.347 e. The van der Waals surface area contributed by atoms with Crippen LogP contribution in [0.3, 0.4) is 0 Å². The predicted molar refractivity (Wildman–Crippen MR) is 109 cm³/mol. The average molecular weight is 455 g/mol. The van der Waals surface area contributed by atoms with Crippen molar-refractivity contribution in [3.63, 3.8) is 0 Å². The number of nitrogens with zero attached hydrogens (tertiary/aromatic N) is 3. The van der Waals surface area contributed by atoms with Gasteiger partial charge in [0.25, 0.3) is 0 Å². The number of nitrogens with two attached hydrogens (primary N) is 1. The van der Waals surface area contributed by atoms with Crippen LogP contribution in [0.5, 0.6) is 0 Å². The highest BCUT2D eigenvalue weighted by Gasteiger charge is 2.15. The molecule has 13 heteroatoms. The number of sulfonamides is 1. The first-order valence-corrected chi connectivity index (χ1v) is 10.7. The van der Waals surface area contributed by atoms with E-state index < -0.39 is 16.0 Å². The van der Waals surface area contributed by atoms with Crippen LogP contribution >= 0.6 is 22.9 Å². The van der Waals surface area contributed by atoms with Crippen molar-refractivity contribution in [3.05, 3.63) is 51.6 Å². The molecule has 10 nitrogen and oxygen atoms in total. The van der Waals surface area contributed by atoms with Gasteiger partial charge >= 0.3 is 5.97 Å². The first kappa shape index (κ1) is 20.9. The monoisotopic (exact) mass is 454 g/mol. The minimum atomic E-state index is -3.74. The third kappa shape index (κ3) is 5.38. The Balaban J connectivity index is 1.72. The summed E-state index contributed by atoms with van der Waals surface area (Å²) in [5, 5.41) is 20.6. The van der Waals surface area contributed by atoms with E-state index in [0.717, 1.165) is 16.9 Å². The van der Waals surface area contributed by atoms with Gasteiger partial charge in [0.1, 0.15) is 15.8 Å². The van der Waals surface area contributed by atoms with Crippen molar-refractivity contribution in [2.24, 2.45) is 5.14 Å². The Bertz CT molecular complexity index is 1160. The van der Waals surface area contributed by atoms with Gasteiger partial charge < -0.3 is 10.4 Å². The fraction of sp³-hybridized carbons (Fsp3) is 0.125. The molecule has 3 aromatic rings. The van der Waals surface area contributed by atoms with Gasteiger partial charge in [-0.15, -0.1) is 0 Å². The normalized spacial score (nSPS) is 11.3. The van der Waals surface area contributed by atoms with Crippen LogP contribution in [-0.4, -0.2) is 34.4 Å². The molecule has 0 aliphatic carbocycles. The van der Waals surface area contributed by atoms with E-state index in [9.17, 15) is 13.2 Å². The van der Waals surface area contributed by atoms with Gasteiger partial charge in [0.15, 0.2) is 5.13 Å². The van der Waals surface area contributed by atoms with Crippen molar-refractivity contribution in [1.82, 2.24) is 15.0 Å². The molecule has 152 valence electrons. The third-order valence-corrected chi connectivity index (χ3v) is 5.81. The summed E-state index contributed by atoms with van der Waals surface area (Å²) in [6, 6.07) is 7.59. The summed E-state index contributed by atoms with van der Waals surface area (Å²) >= 11 is 7.00.